The summed E-state index contributed by atoms with van der Waals surface area (Å²) in [5.74, 6) is 7.34. The first-order valence-electron chi connectivity index (χ1n) is 3.69. The molecule has 1 rings (SSSR count). The SMILES string of the molecule is C#CC(C#C)(C#C)c1cc[c]cc1. The van der Waals surface area contributed by atoms with Gasteiger partial charge in [0.15, 0.2) is 5.41 Å². The Morgan fingerprint density at radius 2 is 1.46 bits per heavy atom. The molecule has 0 aromatic heterocycles. The van der Waals surface area contributed by atoms with E-state index in [-0.39, 0.29) is 0 Å². The minimum Gasteiger partial charge on any atom is -0.117 e. The summed E-state index contributed by atoms with van der Waals surface area (Å²) in [6.45, 7) is 0. The van der Waals surface area contributed by atoms with Crippen molar-refractivity contribution in [3.05, 3.63) is 35.9 Å². The van der Waals surface area contributed by atoms with Crippen molar-refractivity contribution in [1.29, 1.82) is 0 Å². The number of terminal acetylenes is 3. The van der Waals surface area contributed by atoms with Crippen LogP contribution in [0.15, 0.2) is 24.3 Å². The fourth-order valence-corrected chi connectivity index (χ4v) is 1.01. The molecule has 59 valence electrons. The van der Waals surface area contributed by atoms with Crippen molar-refractivity contribution < 1.29 is 0 Å². The summed E-state index contributed by atoms with van der Waals surface area (Å²) in [5.41, 5.74) is -0.256. The van der Waals surface area contributed by atoms with E-state index in [0.29, 0.717) is 0 Å². The fraction of sp³-hybridized carbons (Fsp3) is 0.0769. The minimum atomic E-state index is -1.02. The average molecular weight is 163 g/mol. The fourth-order valence-electron chi connectivity index (χ4n) is 1.01. The van der Waals surface area contributed by atoms with Crippen molar-refractivity contribution in [3.8, 4) is 37.0 Å². The van der Waals surface area contributed by atoms with Crippen LogP contribution in [0.25, 0.3) is 0 Å². The summed E-state index contributed by atoms with van der Waals surface area (Å²) in [5, 5.41) is 0. The van der Waals surface area contributed by atoms with Crippen LogP contribution in [0.4, 0.5) is 0 Å². The molecule has 0 aliphatic carbocycles. The Hall–Kier alpha value is -2.10. The first kappa shape index (κ1) is 8.99. The molecule has 0 bridgehead atoms. The minimum absolute atomic E-state index is 0.763. The van der Waals surface area contributed by atoms with Gasteiger partial charge < -0.3 is 0 Å². The normalized spacial score (nSPS) is 9.31. The van der Waals surface area contributed by atoms with Crippen LogP contribution in [0.1, 0.15) is 5.56 Å². The zero-order chi connectivity index (χ0) is 9.73. The highest BCUT2D eigenvalue weighted by atomic mass is 14.2. The van der Waals surface area contributed by atoms with Gasteiger partial charge in [0.2, 0.25) is 0 Å². The lowest BCUT2D eigenvalue weighted by Crippen LogP contribution is -2.18. The van der Waals surface area contributed by atoms with Crippen molar-refractivity contribution in [1.82, 2.24) is 0 Å². The lowest BCUT2D eigenvalue weighted by atomic mass is 9.83. The number of hydrogen-bond donors (Lipinski definition) is 0. The van der Waals surface area contributed by atoms with Gasteiger partial charge in [0.1, 0.15) is 0 Å². The Bertz CT molecular complexity index is 368. The molecule has 0 heteroatoms. The maximum atomic E-state index is 5.32. The van der Waals surface area contributed by atoms with Gasteiger partial charge in [-0.1, -0.05) is 42.0 Å². The first-order valence-corrected chi connectivity index (χ1v) is 3.69. The second-order valence-corrected chi connectivity index (χ2v) is 2.47. The van der Waals surface area contributed by atoms with E-state index in [1.54, 1.807) is 24.3 Å². The third kappa shape index (κ3) is 1.41. The second kappa shape index (κ2) is 3.53. The molecule has 0 amide bonds. The third-order valence-corrected chi connectivity index (χ3v) is 1.80. The smallest absolute Gasteiger partial charge is 0.117 e. The zero-order valence-corrected chi connectivity index (χ0v) is 7.04. The molecule has 1 aromatic carbocycles. The number of rotatable bonds is 1. The summed E-state index contributed by atoms with van der Waals surface area (Å²) in [4.78, 5) is 0. The van der Waals surface area contributed by atoms with Gasteiger partial charge in [-0.15, -0.1) is 19.3 Å². The van der Waals surface area contributed by atoms with Gasteiger partial charge >= 0.3 is 0 Å². The van der Waals surface area contributed by atoms with Crippen molar-refractivity contribution >= 4 is 0 Å². The van der Waals surface area contributed by atoms with Crippen LogP contribution in [-0.4, -0.2) is 0 Å². The van der Waals surface area contributed by atoms with Crippen LogP contribution in [0.2, 0.25) is 0 Å². The first-order chi connectivity index (χ1) is 6.29. The molecule has 0 aliphatic heterocycles. The molecule has 0 nitrogen and oxygen atoms in total. The van der Waals surface area contributed by atoms with Crippen LogP contribution >= 0.6 is 0 Å². The predicted octanol–water partition coefficient (Wildman–Crippen LogP) is 1.62. The van der Waals surface area contributed by atoms with Crippen LogP contribution in [-0.2, 0) is 5.41 Å². The maximum absolute atomic E-state index is 5.32. The lowest BCUT2D eigenvalue weighted by molar-refractivity contribution is 0.973. The molecule has 0 atom stereocenters. The van der Waals surface area contributed by atoms with E-state index >= 15 is 0 Å². The second-order valence-electron chi connectivity index (χ2n) is 2.47. The standard InChI is InChI=1S/C13H7/c1-4-13(5-2,6-3)12-10-8-7-9-11-12/h1-3,8-11H. The Morgan fingerprint density at radius 1 is 1.00 bits per heavy atom. The van der Waals surface area contributed by atoms with Crippen LogP contribution in [0, 0.1) is 43.1 Å². The molecule has 0 aliphatic rings. The van der Waals surface area contributed by atoms with Crippen LogP contribution in [0.3, 0.4) is 0 Å². The molecule has 0 unspecified atom stereocenters. The van der Waals surface area contributed by atoms with Gasteiger partial charge in [-0.2, -0.15) is 0 Å². The maximum Gasteiger partial charge on any atom is 0.176 e. The molecule has 0 spiro atoms. The predicted molar refractivity (Wildman–Crippen MR) is 53.5 cm³/mol. The average Bonchev–Trinajstić information content (AvgIpc) is 2.23. The zero-order valence-electron chi connectivity index (χ0n) is 7.04. The van der Waals surface area contributed by atoms with E-state index < -0.39 is 5.41 Å². The molecule has 0 N–H and O–H groups in total. The van der Waals surface area contributed by atoms with Gasteiger partial charge in [0.25, 0.3) is 0 Å². The van der Waals surface area contributed by atoms with E-state index in [9.17, 15) is 0 Å². The Morgan fingerprint density at radius 3 is 1.85 bits per heavy atom. The van der Waals surface area contributed by atoms with Crippen molar-refractivity contribution in [3.63, 3.8) is 0 Å². The Balaban J connectivity index is 3.31. The molecular weight excluding hydrogens is 156 g/mol. The topological polar surface area (TPSA) is 0 Å². The van der Waals surface area contributed by atoms with E-state index in [4.69, 9.17) is 19.3 Å². The summed E-state index contributed by atoms with van der Waals surface area (Å²) >= 11 is 0. The number of benzene rings is 1. The van der Waals surface area contributed by atoms with Crippen molar-refractivity contribution in [2.45, 2.75) is 5.41 Å². The molecule has 1 aromatic rings. The quantitative estimate of drug-likeness (QED) is 0.552. The highest BCUT2D eigenvalue weighted by Crippen LogP contribution is 2.20. The van der Waals surface area contributed by atoms with Gasteiger partial charge in [-0.25, -0.2) is 0 Å². The van der Waals surface area contributed by atoms with E-state index in [1.165, 1.54) is 0 Å². The lowest BCUT2D eigenvalue weighted by Gasteiger charge is -2.14. The molecule has 0 saturated heterocycles. The van der Waals surface area contributed by atoms with Gasteiger partial charge in [-0.05, 0) is 11.6 Å². The highest BCUT2D eigenvalue weighted by molar-refractivity contribution is 5.52. The summed E-state index contributed by atoms with van der Waals surface area (Å²) in [6.07, 6.45) is 15.9. The molecule has 0 fully saturated rings. The molecule has 0 heterocycles. The monoisotopic (exact) mass is 163 g/mol. The Kier molecular flexibility index (Phi) is 2.44. The van der Waals surface area contributed by atoms with Crippen molar-refractivity contribution in [2.75, 3.05) is 0 Å². The van der Waals surface area contributed by atoms with Gasteiger partial charge in [0.05, 0.1) is 0 Å². The molecule has 1 radical (unpaired) electrons. The van der Waals surface area contributed by atoms with Gasteiger partial charge in [0, 0.05) is 0 Å². The van der Waals surface area contributed by atoms with E-state index in [1.807, 2.05) is 0 Å². The molecular formula is C13H7. The van der Waals surface area contributed by atoms with Crippen LogP contribution in [0.5, 0.6) is 0 Å². The summed E-state index contributed by atoms with van der Waals surface area (Å²) in [7, 11) is 0. The number of hydrogen-bond acceptors (Lipinski definition) is 0. The van der Waals surface area contributed by atoms with Crippen LogP contribution < -0.4 is 0 Å². The summed E-state index contributed by atoms with van der Waals surface area (Å²) in [6, 6.07) is 9.89. The van der Waals surface area contributed by atoms with Gasteiger partial charge in [-0.3, -0.25) is 0 Å². The highest BCUT2D eigenvalue weighted by Gasteiger charge is 2.23. The van der Waals surface area contributed by atoms with Crippen molar-refractivity contribution in [2.24, 2.45) is 0 Å². The van der Waals surface area contributed by atoms with E-state index in [2.05, 4.69) is 23.8 Å². The largest absolute Gasteiger partial charge is 0.176 e. The summed E-state index contributed by atoms with van der Waals surface area (Å²) < 4.78 is 0. The van der Waals surface area contributed by atoms with E-state index in [0.717, 1.165) is 5.56 Å². The molecule has 13 heavy (non-hydrogen) atoms. The Labute approximate surface area is 79.0 Å². The third-order valence-electron chi connectivity index (χ3n) is 1.80. The molecule has 0 saturated carbocycles.